The minimum atomic E-state index is -0.421. The molecule has 0 bridgehead atoms. The fraction of sp³-hybridized carbons (Fsp3) is 0.231. The van der Waals surface area contributed by atoms with E-state index in [1.165, 1.54) is 6.07 Å². The largest absolute Gasteiger partial charge is 0.340 e. The lowest BCUT2D eigenvalue weighted by molar-refractivity contribution is 0.628. The van der Waals surface area contributed by atoms with E-state index in [1.807, 2.05) is 0 Å². The molecule has 0 spiro atoms. The average Bonchev–Trinajstić information content (AvgIpc) is 2.83. The molecule has 3 nitrogen and oxygen atoms in total. The van der Waals surface area contributed by atoms with Crippen molar-refractivity contribution in [3.63, 3.8) is 0 Å². The van der Waals surface area contributed by atoms with Crippen LogP contribution in [0.4, 0.5) is 15.9 Å². The minimum absolute atomic E-state index is 0.103. The second-order valence-corrected chi connectivity index (χ2v) is 4.66. The van der Waals surface area contributed by atoms with E-state index in [0.29, 0.717) is 0 Å². The predicted molar refractivity (Wildman–Crippen MR) is 68.7 cm³/mol. The monoisotopic (exact) mass is 263 g/mol. The highest BCUT2D eigenvalue weighted by Crippen LogP contribution is 2.28. The summed E-state index contributed by atoms with van der Waals surface area (Å²) in [6, 6.07) is 4.54. The van der Waals surface area contributed by atoms with Gasteiger partial charge in [0, 0.05) is 16.9 Å². The fourth-order valence-electron chi connectivity index (χ4n) is 2.18. The van der Waals surface area contributed by atoms with E-state index < -0.39 is 5.82 Å². The van der Waals surface area contributed by atoms with Crippen LogP contribution in [0.1, 0.15) is 17.7 Å². The van der Waals surface area contributed by atoms with Crippen LogP contribution < -0.4 is 5.32 Å². The summed E-state index contributed by atoms with van der Waals surface area (Å²) in [5.74, 6) is 0.371. The molecule has 92 valence electrons. The molecule has 1 aliphatic rings. The van der Waals surface area contributed by atoms with Crippen LogP contribution in [0.5, 0.6) is 0 Å². The molecule has 1 heterocycles. The number of rotatable bonds is 2. The van der Waals surface area contributed by atoms with Crippen molar-refractivity contribution in [1.29, 1.82) is 0 Å². The summed E-state index contributed by atoms with van der Waals surface area (Å²) < 4.78 is 13.1. The summed E-state index contributed by atoms with van der Waals surface area (Å²) in [6.45, 7) is 0. The van der Waals surface area contributed by atoms with Crippen LogP contribution in [0.3, 0.4) is 0 Å². The SMILES string of the molecule is Fc1ccc(Nc2ncnc3c2CCC3)cc1Cl. The van der Waals surface area contributed by atoms with Crippen LogP contribution in [0.15, 0.2) is 24.5 Å². The molecule has 0 saturated carbocycles. The Hall–Kier alpha value is -1.68. The van der Waals surface area contributed by atoms with Crippen molar-refractivity contribution < 1.29 is 4.39 Å². The first-order valence-corrected chi connectivity index (χ1v) is 6.16. The van der Waals surface area contributed by atoms with Crippen LogP contribution in [-0.4, -0.2) is 9.97 Å². The van der Waals surface area contributed by atoms with Crippen LogP contribution in [0.2, 0.25) is 5.02 Å². The number of aromatic nitrogens is 2. The first-order valence-electron chi connectivity index (χ1n) is 5.79. The molecule has 0 unspecified atom stereocenters. The second kappa shape index (κ2) is 4.53. The number of aryl methyl sites for hydroxylation is 1. The molecule has 0 aliphatic heterocycles. The van der Waals surface area contributed by atoms with Crippen molar-refractivity contribution in [3.8, 4) is 0 Å². The highest BCUT2D eigenvalue weighted by atomic mass is 35.5. The molecule has 3 rings (SSSR count). The summed E-state index contributed by atoms with van der Waals surface area (Å²) >= 11 is 5.75. The standard InChI is InChI=1S/C13H11ClFN3/c14-10-6-8(4-5-11(10)15)18-13-9-2-1-3-12(9)16-7-17-13/h4-7H,1-3H2,(H,16,17,18). The average molecular weight is 264 g/mol. The summed E-state index contributed by atoms with van der Waals surface area (Å²) in [5, 5.41) is 3.27. The van der Waals surface area contributed by atoms with Gasteiger partial charge in [0.15, 0.2) is 0 Å². The van der Waals surface area contributed by atoms with Gasteiger partial charge in [0.05, 0.1) is 5.02 Å². The van der Waals surface area contributed by atoms with Gasteiger partial charge in [-0.2, -0.15) is 0 Å². The lowest BCUT2D eigenvalue weighted by atomic mass is 10.2. The van der Waals surface area contributed by atoms with Crippen molar-refractivity contribution >= 4 is 23.1 Å². The summed E-state index contributed by atoms with van der Waals surface area (Å²) in [6.07, 6.45) is 4.63. The summed E-state index contributed by atoms with van der Waals surface area (Å²) in [4.78, 5) is 8.49. The molecule has 1 N–H and O–H groups in total. The second-order valence-electron chi connectivity index (χ2n) is 4.25. The number of nitrogens with zero attached hydrogens (tertiary/aromatic N) is 2. The Morgan fingerprint density at radius 2 is 2.11 bits per heavy atom. The van der Waals surface area contributed by atoms with Gasteiger partial charge in [-0.15, -0.1) is 0 Å². The van der Waals surface area contributed by atoms with Gasteiger partial charge in [-0.3, -0.25) is 0 Å². The number of nitrogens with one attached hydrogen (secondary N) is 1. The first kappa shape index (κ1) is 11.4. The maximum absolute atomic E-state index is 13.1. The Bertz CT molecular complexity index is 601. The Kier molecular flexibility index (Phi) is 2.88. The minimum Gasteiger partial charge on any atom is -0.340 e. The van der Waals surface area contributed by atoms with Crippen LogP contribution in [-0.2, 0) is 12.8 Å². The van der Waals surface area contributed by atoms with Gasteiger partial charge in [-0.1, -0.05) is 11.6 Å². The molecule has 1 aromatic carbocycles. The fourth-order valence-corrected chi connectivity index (χ4v) is 2.36. The molecule has 0 atom stereocenters. The number of halogens is 2. The molecule has 5 heteroatoms. The Balaban J connectivity index is 1.93. The highest BCUT2D eigenvalue weighted by molar-refractivity contribution is 6.31. The van der Waals surface area contributed by atoms with Crippen LogP contribution >= 0.6 is 11.6 Å². The van der Waals surface area contributed by atoms with Gasteiger partial charge in [-0.25, -0.2) is 14.4 Å². The number of hydrogen-bond donors (Lipinski definition) is 1. The van der Waals surface area contributed by atoms with Crippen LogP contribution in [0.25, 0.3) is 0 Å². The first-order chi connectivity index (χ1) is 8.74. The van der Waals surface area contributed by atoms with E-state index in [0.717, 1.165) is 42.0 Å². The van der Waals surface area contributed by atoms with Gasteiger partial charge >= 0.3 is 0 Å². The van der Waals surface area contributed by atoms with Crippen molar-refractivity contribution in [2.24, 2.45) is 0 Å². The topological polar surface area (TPSA) is 37.8 Å². The number of benzene rings is 1. The van der Waals surface area contributed by atoms with Gasteiger partial charge in [0.1, 0.15) is 18.0 Å². The zero-order valence-electron chi connectivity index (χ0n) is 9.58. The summed E-state index contributed by atoms with van der Waals surface area (Å²) in [5.41, 5.74) is 2.98. The van der Waals surface area contributed by atoms with E-state index in [4.69, 9.17) is 11.6 Å². The highest BCUT2D eigenvalue weighted by Gasteiger charge is 2.17. The van der Waals surface area contributed by atoms with Gasteiger partial charge < -0.3 is 5.32 Å². The predicted octanol–water partition coefficient (Wildman–Crippen LogP) is 3.50. The normalized spacial score (nSPS) is 13.4. The molecule has 2 aromatic rings. The van der Waals surface area contributed by atoms with Crippen molar-refractivity contribution in [2.75, 3.05) is 5.32 Å². The smallest absolute Gasteiger partial charge is 0.141 e. The maximum Gasteiger partial charge on any atom is 0.141 e. The van der Waals surface area contributed by atoms with E-state index in [1.54, 1.807) is 18.5 Å². The molecule has 0 saturated heterocycles. The zero-order chi connectivity index (χ0) is 12.5. The Morgan fingerprint density at radius 1 is 1.22 bits per heavy atom. The number of hydrogen-bond acceptors (Lipinski definition) is 3. The Morgan fingerprint density at radius 3 is 2.94 bits per heavy atom. The number of anilines is 2. The molecule has 0 amide bonds. The van der Waals surface area contributed by atoms with Crippen molar-refractivity contribution in [3.05, 3.63) is 46.6 Å². The van der Waals surface area contributed by atoms with Crippen molar-refractivity contribution in [2.45, 2.75) is 19.3 Å². The zero-order valence-corrected chi connectivity index (χ0v) is 10.3. The van der Waals surface area contributed by atoms with Gasteiger partial charge in [0.2, 0.25) is 0 Å². The van der Waals surface area contributed by atoms with Gasteiger partial charge in [-0.05, 0) is 37.5 Å². The maximum atomic E-state index is 13.1. The third-order valence-corrected chi connectivity index (χ3v) is 3.35. The third kappa shape index (κ3) is 2.04. The van der Waals surface area contributed by atoms with Crippen molar-refractivity contribution in [1.82, 2.24) is 9.97 Å². The molecular weight excluding hydrogens is 253 g/mol. The molecule has 1 aliphatic carbocycles. The molecular formula is C13H11ClFN3. The Labute approximate surface area is 109 Å². The molecule has 1 aromatic heterocycles. The van der Waals surface area contributed by atoms with E-state index in [2.05, 4.69) is 15.3 Å². The number of fused-ring (bicyclic) bond motifs is 1. The lowest BCUT2D eigenvalue weighted by Crippen LogP contribution is -2.00. The van der Waals surface area contributed by atoms with Crippen LogP contribution in [0, 0.1) is 5.82 Å². The van der Waals surface area contributed by atoms with Gasteiger partial charge in [0.25, 0.3) is 0 Å². The van der Waals surface area contributed by atoms with E-state index >= 15 is 0 Å². The lowest BCUT2D eigenvalue weighted by Gasteiger charge is -2.09. The van der Waals surface area contributed by atoms with E-state index in [-0.39, 0.29) is 5.02 Å². The van der Waals surface area contributed by atoms with E-state index in [9.17, 15) is 4.39 Å². The molecule has 18 heavy (non-hydrogen) atoms. The summed E-state index contributed by atoms with van der Waals surface area (Å²) in [7, 11) is 0. The quantitative estimate of drug-likeness (QED) is 0.901. The molecule has 0 radical (unpaired) electrons. The third-order valence-electron chi connectivity index (χ3n) is 3.06. The molecule has 0 fully saturated rings.